The third kappa shape index (κ3) is 3.76. The van der Waals surface area contributed by atoms with Crippen molar-refractivity contribution in [3.05, 3.63) is 64.2 Å². The van der Waals surface area contributed by atoms with Gasteiger partial charge in [0.15, 0.2) is 11.5 Å². The van der Waals surface area contributed by atoms with E-state index in [2.05, 4.69) is 46.7 Å². The summed E-state index contributed by atoms with van der Waals surface area (Å²) in [6.07, 6.45) is 1.62. The third-order valence-electron chi connectivity index (χ3n) is 6.52. The fourth-order valence-corrected chi connectivity index (χ4v) is 4.62. The number of ether oxygens (including phenoxy) is 2. The molecule has 2 aromatic carbocycles. The number of aromatic nitrogens is 1. The van der Waals surface area contributed by atoms with Crippen LogP contribution in [0.1, 0.15) is 44.9 Å². The minimum Gasteiger partial charge on any atom is -0.454 e. The lowest BCUT2D eigenvalue weighted by Crippen LogP contribution is -2.27. The Morgan fingerprint density at radius 1 is 1.15 bits per heavy atom. The van der Waals surface area contributed by atoms with Crippen LogP contribution in [0.4, 0.5) is 5.69 Å². The van der Waals surface area contributed by atoms with Crippen LogP contribution in [0.2, 0.25) is 0 Å². The van der Waals surface area contributed by atoms with Crippen LogP contribution in [0.3, 0.4) is 0 Å². The van der Waals surface area contributed by atoms with Crippen LogP contribution in [0.5, 0.6) is 11.5 Å². The molecule has 2 heterocycles. The molecule has 1 amide bonds. The molecule has 1 aliphatic carbocycles. The fraction of sp³-hybridized carbons (Fsp3) is 0.400. The summed E-state index contributed by atoms with van der Waals surface area (Å²) < 4.78 is 13.1. The van der Waals surface area contributed by atoms with E-state index >= 15 is 0 Å². The summed E-state index contributed by atoms with van der Waals surface area (Å²) in [6, 6.07) is 13.9. The number of rotatable bonds is 6. The molecule has 33 heavy (non-hydrogen) atoms. The molecule has 8 heteroatoms. The van der Waals surface area contributed by atoms with Crippen molar-refractivity contribution in [2.75, 3.05) is 18.7 Å². The predicted molar refractivity (Wildman–Crippen MR) is 127 cm³/mol. The van der Waals surface area contributed by atoms with E-state index in [4.69, 9.17) is 15.0 Å². The molecular weight excluding hydrogens is 418 g/mol. The molecule has 1 aromatic heterocycles. The first kappa shape index (κ1) is 21.2. The number of carbonyl (C=O) groups excluding carboxylic acids is 1. The van der Waals surface area contributed by atoms with Crippen molar-refractivity contribution in [2.45, 2.75) is 51.0 Å². The average Bonchev–Trinajstić information content (AvgIpc) is 3.31. The molecule has 1 saturated carbocycles. The molecule has 8 nitrogen and oxygen atoms in total. The van der Waals surface area contributed by atoms with Gasteiger partial charge in [0.05, 0.1) is 5.41 Å². The zero-order valence-electron chi connectivity index (χ0n) is 19.1. The summed E-state index contributed by atoms with van der Waals surface area (Å²) in [7, 11) is 0. The monoisotopic (exact) mass is 445 g/mol. The number of benzene rings is 2. The van der Waals surface area contributed by atoms with Crippen LogP contribution in [-0.4, -0.2) is 23.8 Å². The van der Waals surface area contributed by atoms with E-state index in [9.17, 15) is 4.79 Å². The molecule has 0 bridgehead atoms. The normalized spacial score (nSPS) is 15.8. The Labute approximate surface area is 192 Å². The van der Waals surface area contributed by atoms with Gasteiger partial charge in [-0.1, -0.05) is 32.0 Å². The second-order valence-electron chi connectivity index (χ2n) is 9.76. The van der Waals surface area contributed by atoms with Gasteiger partial charge in [-0.3, -0.25) is 4.79 Å². The number of carbonyl (C=O) groups is 1. The summed E-state index contributed by atoms with van der Waals surface area (Å²) in [4.78, 5) is 16.2. The first-order valence-corrected chi connectivity index (χ1v) is 11.2. The van der Waals surface area contributed by atoms with Crippen molar-refractivity contribution in [1.82, 2.24) is 4.57 Å². The highest BCUT2D eigenvalue weighted by Gasteiger charge is 2.51. The van der Waals surface area contributed by atoms with Crippen molar-refractivity contribution in [3.8, 4) is 11.5 Å². The van der Waals surface area contributed by atoms with Gasteiger partial charge in [0.1, 0.15) is 0 Å². The van der Waals surface area contributed by atoms with Gasteiger partial charge in [-0.25, -0.2) is 0 Å². The van der Waals surface area contributed by atoms with Gasteiger partial charge in [0.2, 0.25) is 12.7 Å². The Kier molecular flexibility index (Phi) is 4.98. The van der Waals surface area contributed by atoms with E-state index in [0.29, 0.717) is 18.8 Å². The standard InChI is InChI=1S/C25H27N5O3/c1-24(2,3)22-13-16-12-18(5-6-19(16)30(22)11-10-27-29-26)28-23(31)25(8-9-25)17-4-7-20-21(14-17)33-15-32-20/h4-7,12-14H,8-11,15H2,1-3H3,(H,28,31). The van der Waals surface area contributed by atoms with E-state index in [1.165, 1.54) is 0 Å². The number of hydrogen-bond acceptors (Lipinski definition) is 4. The summed E-state index contributed by atoms with van der Waals surface area (Å²) in [5.74, 6) is 1.42. The van der Waals surface area contributed by atoms with Crippen LogP contribution in [-0.2, 0) is 22.2 Å². The average molecular weight is 446 g/mol. The summed E-state index contributed by atoms with van der Waals surface area (Å²) in [5, 5.41) is 7.89. The Hall–Kier alpha value is -3.64. The van der Waals surface area contributed by atoms with Gasteiger partial charge in [-0.2, -0.15) is 0 Å². The van der Waals surface area contributed by atoms with Crippen LogP contribution in [0.25, 0.3) is 21.3 Å². The number of fused-ring (bicyclic) bond motifs is 2. The minimum atomic E-state index is -0.520. The Morgan fingerprint density at radius 2 is 1.94 bits per heavy atom. The second-order valence-corrected chi connectivity index (χ2v) is 9.76. The van der Waals surface area contributed by atoms with Crippen LogP contribution in [0, 0.1) is 0 Å². The lowest BCUT2D eigenvalue weighted by Gasteiger charge is -2.21. The molecule has 0 unspecified atom stereocenters. The van der Waals surface area contributed by atoms with E-state index in [0.717, 1.165) is 46.4 Å². The van der Waals surface area contributed by atoms with E-state index < -0.39 is 5.41 Å². The first-order valence-electron chi connectivity index (χ1n) is 11.2. The number of hydrogen-bond donors (Lipinski definition) is 1. The quantitative estimate of drug-likeness (QED) is 0.301. The van der Waals surface area contributed by atoms with Crippen molar-refractivity contribution < 1.29 is 14.3 Å². The van der Waals surface area contributed by atoms with Crippen LogP contribution >= 0.6 is 0 Å². The molecule has 5 rings (SSSR count). The summed E-state index contributed by atoms with van der Waals surface area (Å²) in [6.45, 7) is 7.71. The SMILES string of the molecule is CC(C)(C)c1cc2cc(NC(=O)C3(c4ccc5c(c4)OCO5)CC3)ccc2n1CCN=[N+]=[N-]. The molecule has 2 aliphatic rings. The number of nitrogens with zero attached hydrogens (tertiary/aromatic N) is 4. The topological polar surface area (TPSA) is 101 Å². The molecule has 3 aromatic rings. The largest absolute Gasteiger partial charge is 0.454 e. The van der Waals surface area contributed by atoms with Crippen molar-refractivity contribution in [1.29, 1.82) is 0 Å². The van der Waals surface area contributed by atoms with Crippen molar-refractivity contribution >= 4 is 22.5 Å². The third-order valence-corrected chi connectivity index (χ3v) is 6.52. The van der Waals surface area contributed by atoms with Crippen LogP contribution in [0.15, 0.2) is 47.6 Å². The maximum Gasteiger partial charge on any atom is 0.235 e. The van der Waals surface area contributed by atoms with Gasteiger partial charge in [0.25, 0.3) is 0 Å². The minimum absolute atomic E-state index is 0.000417. The molecule has 0 spiro atoms. The summed E-state index contributed by atoms with van der Waals surface area (Å²) >= 11 is 0. The number of azide groups is 1. The maximum atomic E-state index is 13.3. The number of nitrogens with one attached hydrogen (secondary N) is 1. The van der Waals surface area contributed by atoms with Crippen LogP contribution < -0.4 is 14.8 Å². The number of anilines is 1. The molecule has 0 radical (unpaired) electrons. The lowest BCUT2D eigenvalue weighted by atomic mass is 9.92. The summed E-state index contributed by atoms with van der Waals surface area (Å²) in [5.41, 5.74) is 12.0. The Bertz CT molecular complexity index is 1290. The van der Waals surface area contributed by atoms with Gasteiger partial charge in [-0.05, 0) is 60.3 Å². The Morgan fingerprint density at radius 3 is 2.67 bits per heavy atom. The first-order chi connectivity index (χ1) is 15.8. The lowest BCUT2D eigenvalue weighted by molar-refractivity contribution is -0.118. The molecule has 170 valence electrons. The van der Waals surface area contributed by atoms with Gasteiger partial charge >= 0.3 is 0 Å². The molecule has 0 saturated heterocycles. The van der Waals surface area contributed by atoms with E-state index in [1.807, 2.05) is 36.4 Å². The fourth-order valence-electron chi connectivity index (χ4n) is 4.62. The molecule has 0 atom stereocenters. The molecular formula is C25H27N5O3. The van der Waals surface area contributed by atoms with Gasteiger partial charge < -0.3 is 19.4 Å². The molecule has 1 aliphatic heterocycles. The maximum absolute atomic E-state index is 13.3. The predicted octanol–water partition coefficient (Wildman–Crippen LogP) is 5.65. The smallest absolute Gasteiger partial charge is 0.235 e. The number of amides is 1. The van der Waals surface area contributed by atoms with Gasteiger partial charge in [-0.15, -0.1) is 0 Å². The molecule has 1 fully saturated rings. The Balaban J connectivity index is 1.42. The highest BCUT2D eigenvalue weighted by molar-refractivity contribution is 6.02. The second kappa shape index (κ2) is 7.74. The van der Waals surface area contributed by atoms with E-state index in [-0.39, 0.29) is 18.1 Å². The van der Waals surface area contributed by atoms with Crippen molar-refractivity contribution in [3.63, 3.8) is 0 Å². The zero-order chi connectivity index (χ0) is 23.2. The van der Waals surface area contributed by atoms with E-state index in [1.54, 1.807) is 0 Å². The molecule has 1 N–H and O–H groups in total. The van der Waals surface area contributed by atoms with Crippen molar-refractivity contribution in [2.24, 2.45) is 5.11 Å². The highest BCUT2D eigenvalue weighted by atomic mass is 16.7. The highest BCUT2D eigenvalue weighted by Crippen LogP contribution is 2.51. The zero-order valence-corrected chi connectivity index (χ0v) is 19.1. The van der Waals surface area contributed by atoms with Gasteiger partial charge in [0, 0.05) is 45.7 Å².